The van der Waals surface area contributed by atoms with Crippen molar-refractivity contribution in [1.82, 2.24) is 9.99 Å². The average Bonchev–Trinajstić information content (AvgIpc) is 3.24. The molecule has 3 aromatic carbocycles. The van der Waals surface area contributed by atoms with Crippen LogP contribution in [0.2, 0.25) is 0 Å². The standard InChI is InChI=1S/C31H34N4O5S/c1-21-12-14-28(22(2)16-21)35-23(3)17-25(24(35)4)19-32-33-31(36)20-34(41(37,38)27-10-8-7-9-11-27)29-18-26(39-5)13-15-30(29)40-6/h7-19H,20H2,1-6H3,(H,33,36)/b32-19+. The van der Waals surface area contributed by atoms with Gasteiger partial charge in [-0.25, -0.2) is 13.8 Å². The Bertz CT molecular complexity index is 1700. The van der Waals surface area contributed by atoms with Gasteiger partial charge in [-0.05, 0) is 69.7 Å². The summed E-state index contributed by atoms with van der Waals surface area (Å²) in [6.45, 7) is 7.58. The zero-order valence-electron chi connectivity index (χ0n) is 24.0. The predicted octanol–water partition coefficient (Wildman–Crippen LogP) is 5.07. The van der Waals surface area contributed by atoms with Crippen LogP contribution in [0.4, 0.5) is 5.69 Å². The molecule has 0 bridgehead atoms. The van der Waals surface area contributed by atoms with Gasteiger partial charge in [-0.1, -0.05) is 35.9 Å². The van der Waals surface area contributed by atoms with E-state index in [0.29, 0.717) is 5.75 Å². The van der Waals surface area contributed by atoms with E-state index < -0.39 is 22.5 Å². The van der Waals surface area contributed by atoms with Gasteiger partial charge in [0.1, 0.15) is 18.0 Å². The number of methoxy groups -OCH3 is 2. The van der Waals surface area contributed by atoms with Gasteiger partial charge in [0.05, 0.1) is 31.0 Å². The minimum Gasteiger partial charge on any atom is -0.497 e. The summed E-state index contributed by atoms with van der Waals surface area (Å²) < 4.78 is 41.3. The van der Waals surface area contributed by atoms with E-state index in [1.165, 1.54) is 38.0 Å². The van der Waals surface area contributed by atoms with Crippen LogP contribution in [0.1, 0.15) is 28.1 Å². The number of sulfonamides is 1. The maximum atomic E-state index is 13.7. The number of aryl methyl sites for hydroxylation is 3. The topological polar surface area (TPSA) is 102 Å². The highest BCUT2D eigenvalue weighted by molar-refractivity contribution is 7.92. The Morgan fingerprint density at radius 3 is 2.34 bits per heavy atom. The number of amides is 1. The van der Waals surface area contributed by atoms with E-state index >= 15 is 0 Å². The number of ether oxygens (including phenoxy) is 2. The number of hydrogen-bond donors (Lipinski definition) is 1. The van der Waals surface area contributed by atoms with E-state index in [9.17, 15) is 13.2 Å². The highest BCUT2D eigenvalue weighted by Crippen LogP contribution is 2.35. The van der Waals surface area contributed by atoms with E-state index in [-0.39, 0.29) is 16.3 Å². The molecule has 0 aliphatic heterocycles. The van der Waals surface area contributed by atoms with Crippen molar-refractivity contribution in [3.8, 4) is 17.2 Å². The van der Waals surface area contributed by atoms with E-state index in [1.807, 2.05) is 19.9 Å². The number of benzene rings is 3. The smallest absolute Gasteiger partial charge is 0.264 e. The molecule has 10 heteroatoms. The normalized spacial score (nSPS) is 11.5. The molecule has 0 aliphatic carbocycles. The van der Waals surface area contributed by atoms with E-state index in [0.717, 1.165) is 32.5 Å². The van der Waals surface area contributed by atoms with Crippen LogP contribution >= 0.6 is 0 Å². The van der Waals surface area contributed by atoms with Crippen LogP contribution in [0.15, 0.2) is 82.8 Å². The number of rotatable bonds is 10. The molecule has 1 N–H and O–H groups in total. The summed E-state index contributed by atoms with van der Waals surface area (Å²) in [6.07, 6.45) is 1.56. The summed E-state index contributed by atoms with van der Waals surface area (Å²) in [5.74, 6) is 0.0425. The van der Waals surface area contributed by atoms with E-state index in [2.05, 4.69) is 47.1 Å². The van der Waals surface area contributed by atoms with E-state index in [4.69, 9.17) is 9.47 Å². The molecule has 0 saturated heterocycles. The van der Waals surface area contributed by atoms with Crippen molar-refractivity contribution >= 4 is 27.8 Å². The van der Waals surface area contributed by atoms with Crippen molar-refractivity contribution in [3.63, 3.8) is 0 Å². The molecule has 0 spiro atoms. The molecule has 41 heavy (non-hydrogen) atoms. The molecule has 1 heterocycles. The van der Waals surface area contributed by atoms with Crippen LogP contribution in [0, 0.1) is 27.7 Å². The first-order valence-electron chi connectivity index (χ1n) is 12.9. The van der Waals surface area contributed by atoms with Gasteiger partial charge in [-0.15, -0.1) is 0 Å². The first-order chi connectivity index (χ1) is 19.6. The SMILES string of the molecule is COc1ccc(OC)c(N(CC(=O)N/N=C/c2cc(C)n(-c3ccc(C)cc3C)c2C)S(=O)(=O)c2ccccc2)c1. The fourth-order valence-corrected chi connectivity index (χ4v) is 6.14. The van der Waals surface area contributed by atoms with Crippen molar-refractivity contribution < 1.29 is 22.7 Å². The maximum absolute atomic E-state index is 13.7. The second-order valence-electron chi connectivity index (χ2n) is 9.61. The van der Waals surface area contributed by atoms with Gasteiger partial charge in [0.25, 0.3) is 15.9 Å². The molecule has 0 radical (unpaired) electrons. The molecule has 4 rings (SSSR count). The van der Waals surface area contributed by atoms with Gasteiger partial charge in [-0.3, -0.25) is 9.10 Å². The predicted molar refractivity (Wildman–Crippen MR) is 161 cm³/mol. The largest absolute Gasteiger partial charge is 0.497 e. The Morgan fingerprint density at radius 1 is 0.951 bits per heavy atom. The van der Waals surface area contributed by atoms with Crippen LogP contribution in [-0.4, -0.2) is 45.9 Å². The van der Waals surface area contributed by atoms with Gasteiger partial charge in [-0.2, -0.15) is 5.10 Å². The molecule has 0 fully saturated rings. The third kappa shape index (κ3) is 6.28. The second kappa shape index (κ2) is 12.3. The van der Waals surface area contributed by atoms with Crippen molar-refractivity contribution in [2.75, 3.05) is 25.1 Å². The van der Waals surface area contributed by atoms with Crippen LogP contribution in [-0.2, 0) is 14.8 Å². The van der Waals surface area contributed by atoms with Crippen LogP contribution in [0.5, 0.6) is 11.5 Å². The maximum Gasteiger partial charge on any atom is 0.264 e. The third-order valence-corrected chi connectivity index (χ3v) is 8.50. The summed E-state index contributed by atoms with van der Waals surface area (Å²) in [4.78, 5) is 13.1. The molecular weight excluding hydrogens is 540 g/mol. The van der Waals surface area contributed by atoms with Gasteiger partial charge >= 0.3 is 0 Å². The average molecular weight is 575 g/mol. The highest BCUT2D eigenvalue weighted by atomic mass is 32.2. The minimum absolute atomic E-state index is 0.0278. The number of hydrazone groups is 1. The molecule has 0 unspecified atom stereocenters. The summed E-state index contributed by atoms with van der Waals surface area (Å²) in [5, 5.41) is 4.15. The molecule has 214 valence electrons. The molecule has 1 aromatic heterocycles. The van der Waals surface area contributed by atoms with Crippen molar-refractivity contribution in [1.29, 1.82) is 0 Å². The summed E-state index contributed by atoms with van der Waals surface area (Å²) in [6, 6.07) is 20.9. The second-order valence-corrected chi connectivity index (χ2v) is 11.5. The van der Waals surface area contributed by atoms with Gasteiger partial charge in [0, 0.05) is 28.7 Å². The van der Waals surface area contributed by atoms with Gasteiger partial charge < -0.3 is 14.0 Å². The quantitative estimate of drug-likeness (QED) is 0.210. The number of hydrogen-bond acceptors (Lipinski definition) is 6. The lowest BCUT2D eigenvalue weighted by Crippen LogP contribution is -2.39. The Balaban J connectivity index is 1.61. The summed E-state index contributed by atoms with van der Waals surface area (Å²) >= 11 is 0. The number of aromatic nitrogens is 1. The number of carbonyl (C=O) groups excluding carboxylic acids is 1. The Morgan fingerprint density at radius 2 is 1.68 bits per heavy atom. The van der Waals surface area contributed by atoms with Gasteiger partial charge in [0.2, 0.25) is 0 Å². The first-order valence-corrected chi connectivity index (χ1v) is 14.4. The van der Waals surface area contributed by atoms with Crippen LogP contribution in [0.25, 0.3) is 5.69 Å². The van der Waals surface area contributed by atoms with Crippen molar-refractivity contribution in [2.45, 2.75) is 32.6 Å². The number of nitrogens with one attached hydrogen (secondary N) is 1. The first kappa shape index (κ1) is 29.4. The summed E-state index contributed by atoms with van der Waals surface area (Å²) in [5.41, 5.74) is 8.85. The highest BCUT2D eigenvalue weighted by Gasteiger charge is 2.30. The fraction of sp³-hybridized carbons (Fsp3) is 0.226. The molecule has 4 aromatic rings. The molecule has 9 nitrogen and oxygen atoms in total. The number of anilines is 1. The molecular formula is C31H34N4O5S. The van der Waals surface area contributed by atoms with Gasteiger partial charge in [0.15, 0.2) is 0 Å². The minimum atomic E-state index is -4.15. The monoisotopic (exact) mass is 574 g/mol. The zero-order valence-corrected chi connectivity index (χ0v) is 24.8. The lowest BCUT2D eigenvalue weighted by atomic mass is 10.1. The molecule has 0 atom stereocenters. The number of carbonyl (C=O) groups is 1. The van der Waals surface area contributed by atoms with Crippen LogP contribution in [0.3, 0.4) is 0 Å². The molecule has 0 saturated carbocycles. The summed E-state index contributed by atoms with van der Waals surface area (Å²) in [7, 11) is -1.25. The Hall–Kier alpha value is -4.57. The molecule has 0 aliphatic rings. The van der Waals surface area contributed by atoms with Crippen LogP contribution < -0.4 is 19.2 Å². The Kier molecular flexibility index (Phi) is 8.83. The lowest BCUT2D eigenvalue weighted by molar-refractivity contribution is -0.119. The number of nitrogens with zero attached hydrogens (tertiary/aromatic N) is 3. The molecule has 1 amide bonds. The zero-order chi connectivity index (χ0) is 29.7. The lowest BCUT2D eigenvalue weighted by Gasteiger charge is -2.25. The van der Waals surface area contributed by atoms with Crippen molar-refractivity contribution in [2.24, 2.45) is 5.10 Å². The Labute approximate surface area is 241 Å². The van der Waals surface area contributed by atoms with E-state index in [1.54, 1.807) is 36.5 Å². The fourth-order valence-electron chi connectivity index (χ4n) is 4.70. The third-order valence-electron chi connectivity index (χ3n) is 6.73. The van der Waals surface area contributed by atoms with Crippen molar-refractivity contribution in [3.05, 3.63) is 101 Å².